The normalized spacial score (nSPS) is 17.5. The number of hydrogen-bond donors (Lipinski definition) is 1. The Morgan fingerprint density at radius 3 is 2.03 bits per heavy atom. The van der Waals surface area contributed by atoms with E-state index < -0.39 is 17.7 Å². The highest BCUT2D eigenvalue weighted by atomic mass is 32.2. The van der Waals surface area contributed by atoms with Gasteiger partial charge in [0.25, 0.3) is 17.7 Å². The van der Waals surface area contributed by atoms with Crippen LogP contribution in [0.1, 0.15) is 22.6 Å². The van der Waals surface area contributed by atoms with Crippen molar-refractivity contribution in [3.63, 3.8) is 0 Å². The maximum Gasteiger partial charge on any atom is 0.286 e. The molecule has 2 heterocycles. The van der Waals surface area contributed by atoms with Gasteiger partial charge in [0, 0.05) is 12.6 Å². The summed E-state index contributed by atoms with van der Waals surface area (Å²) >= 11 is 6.45. The molecule has 1 fully saturated rings. The van der Waals surface area contributed by atoms with Gasteiger partial charge in [0.2, 0.25) is 0 Å². The molecule has 0 unspecified atom stereocenters. The van der Waals surface area contributed by atoms with Crippen LogP contribution in [0.25, 0.3) is 5.57 Å². The lowest BCUT2D eigenvalue weighted by Crippen LogP contribution is -2.47. The maximum absolute atomic E-state index is 13.5. The molecule has 0 aromatic heterocycles. The Labute approximate surface area is 206 Å². The van der Waals surface area contributed by atoms with E-state index in [2.05, 4.69) is 5.43 Å². The molecule has 0 atom stereocenters. The third-order valence-corrected chi connectivity index (χ3v) is 7.17. The molecular formula is C26H19N3O3S2. The predicted molar refractivity (Wildman–Crippen MR) is 137 cm³/mol. The van der Waals surface area contributed by atoms with Gasteiger partial charge in [0.05, 0.1) is 22.1 Å². The zero-order chi connectivity index (χ0) is 23.8. The first-order valence-electron chi connectivity index (χ1n) is 10.6. The SMILES string of the molecule is CN1C(=O)C(=C2SC(=S)N(NC(=O)C(c3ccccc3)c3ccccc3)C2=O)c2ccccc21. The number of nitrogens with one attached hydrogen (secondary N) is 1. The summed E-state index contributed by atoms with van der Waals surface area (Å²) in [5, 5.41) is 1.07. The Kier molecular flexibility index (Phi) is 5.77. The second-order valence-electron chi connectivity index (χ2n) is 7.82. The van der Waals surface area contributed by atoms with Gasteiger partial charge in [-0.25, -0.2) is 0 Å². The van der Waals surface area contributed by atoms with Crippen molar-refractivity contribution in [2.24, 2.45) is 0 Å². The van der Waals surface area contributed by atoms with Crippen molar-refractivity contribution >= 4 is 57.3 Å². The lowest BCUT2D eigenvalue weighted by atomic mass is 9.91. The molecule has 0 aliphatic carbocycles. The van der Waals surface area contributed by atoms with E-state index in [9.17, 15) is 14.4 Å². The Hall–Kier alpha value is -3.75. The molecule has 8 heteroatoms. The highest BCUT2D eigenvalue weighted by Gasteiger charge is 2.42. The molecule has 0 radical (unpaired) electrons. The van der Waals surface area contributed by atoms with E-state index in [4.69, 9.17) is 12.2 Å². The van der Waals surface area contributed by atoms with Crippen molar-refractivity contribution < 1.29 is 14.4 Å². The van der Waals surface area contributed by atoms with Crippen LogP contribution in [0.15, 0.2) is 89.8 Å². The first-order valence-corrected chi connectivity index (χ1v) is 11.8. The van der Waals surface area contributed by atoms with Crippen LogP contribution >= 0.6 is 24.0 Å². The third kappa shape index (κ3) is 3.70. The van der Waals surface area contributed by atoms with Crippen molar-refractivity contribution in [3.05, 3.63) is 107 Å². The highest BCUT2D eigenvalue weighted by Crippen LogP contribution is 2.43. The Bertz CT molecular complexity index is 1320. The van der Waals surface area contributed by atoms with E-state index in [1.807, 2.05) is 78.9 Å². The molecular weight excluding hydrogens is 466 g/mol. The quantitative estimate of drug-likeness (QED) is 0.445. The number of rotatable bonds is 4. The Morgan fingerprint density at radius 2 is 1.41 bits per heavy atom. The Balaban J connectivity index is 1.48. The molecule has 1 N–H and O–H groups in total. The van der Waals surface area contributed by atoms with Gasteiger partial charge in [-0.15, -0.1) is 0 Å². The fraction of sp³-hybridized carbons (Fsp3) is 0.0769. The third-order valence-electron chi connectivity index (χ3n) is 5.80. The van der Waals surface area contributed by atoms with Gasteiger partial charge < -0.3 is 4.90 Å². The minimum absolute atomic E-state index is 0.167. The molecule has 6 nitrogen and oxygen atoms in total. The molecule has 168 valence electrons. The summed E-state index contributed by atoms with van der Waals surface area (Å²) in [5.74, 6) is -1.83. The van der Waals surface area contributed by atoms with Crippen molar-refractivity contribution in [3.8, 4) is 0 Å². The molecule has 2 aliphatic rings. The van der Waals surface area contributed by atoms with E-state index in [-0.39, 0.29) is 15.1 Å². The van der Waals surface area contributed by atoms with E-state index in [0.29, 0.717) is 11.1 Å². The van der Waals surface area contributed by atoms with Crippen molar-refractivity contribution in [1.29, 1.82) is 0 Å². The molecule has 0 spiro atoms. The second kappa shape index (κ2) is 8.89. The molecule has 0 bridgehead atoms. The first kappa shape index (κ1) is 22.1. The molecule has 3 aromatic carbocycles. The van der Waals surface area contributed by atoms with Gasteiger partial charge in [-0.3, -0.25) is 19.8 Å². The van der Waals surface area contributed by atoms with E-state index in [1.165, 1.54) is 4.90 Å². The lowest BCUT2D eigenvalue weighted by Gasteiger charge is -2.22. The van der Waals surface area contributed by atoms with Gasteiger partial charge in [0.1, 0.15) is 0 Å². The van der Waals surface area contributed by atoms with Crippen LogP contribution in [-0.4, -0.2) is 34.1 Å². The number of anilines is 1. The number of carbonyl (C=O) groups excluding carboxylic acids is 3. The summed E-state index contributed by atoms with van der Waals surface area (Å²) < 4.78 is 0.167. The molecule has 1 saturated heterocycles. The van der Waals surface area contributed by atoms with E-state index in [1.54, 1.807) is 13.1 Å². The summed E-state index contributed by atoms with van der Waals surface area (Å²) in [6.45, 7) is 0. The fourth-order valence-corrected chi connectivity index (χ4v) is 5.42. The second-order valence-corrected chi connectivity index (χ2v) is 9.47. The van der Waals surface area contributed by atoms with Gasteiger partial charge in [-0.05, 0) is 29.4 Å². The molecule has 2 aliphatic heterocycles. The minimum Gasteiger partial charge on any atom is -0.311 e. The van der Waals surface area contributed by atoms with Crippen LogP contribution in [0.5, 0.6) is 0 Å². The topological polar surface area (TPSA) is 69.7 Å². The van der Waals surface area contributed by atoms with Crippen LogP contribution in [0.4, 0.5) is 5.69 Å². The van der Waals surface area contributed by atoms with Crippen LogP contribution in [0.3, 0.4) is 0 Å². The molecule has 34 heavy (non-hydrogen) atoms. The standard InChI is InChI=1S/C26H19N3O3S2/c1-28-19-15-9-8-14-18(19)21(24(28)31)22-25(32)29(26(33)34-22)27-23(30)20(16-10-4-2-5-11-16)17-12-6-3-7-13-17/h2-15,20H,1H3,(H,27,30). The number of thioether (sulfide) groups is 1. The zero-order valence-corrected chi connectivity index (χ0v) is 19.7. The van der Waals surface area contributed by atoms with E-state index in [0.717, 1.165) is 33.6 Å². The largest absolute Gasteiger partial charge is 0.311 e. The lowest BCUT2D eigenvalue weighted by molar-refractivity contribution is -0.133. The Morgan fingerprint density at radius 1 is 0.853 bits per heavy atom. The molecule has 5 rings (SSSR count). The van der Waals surface area contributed by atoms with E-state index >= 15 is 0 Å². The summed E-state index contributed by atoms with van der Waals surface area (Å²) in [6.07, 6.45) is 0. The number of benzene rings is 3. The first-order chi connectivity index (χ1) is 16.5. The smallest absolute Gasteiger partial charge is 0.286 e. The number of para-hydroxylation sites is 1. The van der Waals surface area contributed by atoms with Crippen molar-refractivity contribution in [2.75, 3.05) is 11.9 Å². The van der Waals surface area contributed by atoms with Gasteiger partial charge in [0.15, 0.2) is 4.32 Å². The number of hydrogen-bond acceptors (Lipinski definition) is 5. The van der Waals surface area contributed by atoms with Crippen molar-refractivity contribution in [1.82, 2.24) is 10.4 Å². The number of carbonyl (C=O) groups is 3. The van der Waals surface area contributed by atoms with Crippen LogP contribution in [0.2, 0.25) is 0 Å². The summed E-state index contributed by atoms with van der Waals surface area (Å²) in [4.78, 5) is 41.5. The number of hydrazine groups is 1. The summed E-state index contributed by atoms with van der Waals surface area (Å²) in [6, 6.07) is 26.0. The molecule has 3 aromatic rings. The average molecular weight is 486 g/mol. The number of fused-ring (bicyclic) bond motifs is 1. The minimum atomic E-state index is -0.639. The van der Waals surface area contributed by atoms with Crippen molar-refractivity contribution in [2.45, 2.75) is 5.92 Å². The fourth-order valence-electron chi connectivity index (χ4n) is 4.17. The van der Waals surface area contributed by atoms with Gasteiger partial charge in [-0.1, -0.05) is 90.6 Å². The number of thiocarbonyl (C=S) groups is 1. The van der Waals surface area contributed by atoms with Crippen LogP contribution in [0, 0.1) is 0 Å². The molecule has 0 saturated carbocycles. The van der Waals surface area contributed by atoms with Crippen LogP contribution < -0.4 is 10.3 Å². The monoisotopic (exact) mass is 485 g/mol. The summed E-state index contributed by atoms with van der Waals surface area (Å²) in [7, 11) is 1.67. The predicted octanol–water partition coefficient (Wildman–Crippen LogP) is 4.10. The maximum atomic E-state index is 13.5. The van der Waals surface area contributed by atoms with Gasteiger partial charge >= 0.3 is 0 Å². The highest BCUT2D eigenvalue weighted by molar-refractivity contribution is 8.26. The van der Waals surface area contributed by atoms with Crippen LogP contribution in [-0.2, 0) is 14.4 Å². The average Bonchev–Trinajstić information content (AvgIpc) is 3.27. The number of amides is 3. The number of likely N-dealkylation sites (N-methyl/N-ethyl adjacent to an activating group) is 1. The summed E-state index contributed by atoms with van der Waals surface area (Å²) in [5.41, 5.74) is 5.98. The molecule has 3 amide bonds. The van der Waals surface area contributed by atoms with Gasteiger partial charge in [-0.2, -0.15) is 5.01 Å². The zero-order valence-electron chi connectivity index (χ0n) is 18.1. The number of nitrogens with zero attached hydrogens (tertiary/aromatic N) is 2.